The van der Waals surface area contributed by atoms with Crippen LogP contribution in [-0.2, 0) is 16.0 Å². The Morgan fingerprint density at radius 2 is 2.15 bits per heavy atom. The lowest BCUT2D eigenvalue weighted by Crippen LogP contribution is -2.34. The molecule has 2 N–H and O–H groups in total. The lowest BCUT2D eigenvalue weighted by atomic mass is 10.00. The summed E-state index contributed by atoms with van der Waals surface area (Å²) in [4.78, 5) is 11.2. The van der Waals surface area contributed by atoms with Crippen molar-refractivity contribution in [2.24, 2.45) is 5.73 Å². The molecule has 1 aliphatic carbocycles. The van der Waals surface area contributed by atoms with Crippen LogP contribution in [0.4, 0.5) is 0 Å². The zero-order valence-electron chi connectivity index (χ0n) is 7.16. The molecule has 3 heteroatoms. The number of primary amides is 1. The number of aryl methyl sites for hydroxylation is 1. The molecule has 0 radical (unpaired) electrons. The van der Waals surface area contributed by atoms with Crippen LogP contribution >= 0.6 is 12.6 Å². The lowest BCUT2D eigenvalue weighted by molar-refractivity contribution is -0.120. The molecule has 2 rings (SSSR count). The molecule has 0 fully saturated rings. The topological polar surface area (TPSA) is 43.1 Å². The minimum Gasteiger partial charge on any atom is -0.368 e. The van der Waals surface area contributed by atoms with E-state index in [1.807, 2.05) is 24.3 Å². The first-order valence-corrected chi connectivity index (χ1v) is 4.70. The standard InChI is InChI=1S/C10H11NOS/c11-9(12)10(13)6-5-7-3-1-2-4-8(7)10/h1-4,13H,5-6H2,(H2,11,12). The van der Waals surface area contributed by atoms with Gasteiger partial charge >= 0.3 is 0 Å². The van der Waals surface area contributed by atoms with Crippen molar-refractivity contribution in [1.82, 2.24) is 0 Å². The zero-order valence-corrected chi connectivity index (χ0v) is 8.05. The maximum atomic E-state index is 11.2. The maximum absolute atomic E-state index is 11.2. The van der Waals surface area contributed by atoms with Crippen LogP contribution in [0.3, 0.4) is 0 Å². The van der Waals surface area contributed by atoms with Crippen molar-refractivity contribution in [2.75, 3.05) is 0 Å². The third kappa shape index (κ3) is 1.15. The van der Waals surface area contributed by atoms with Gasteiger partial charge in [-0.15, -0.1) is 0 Å². The molecule has 1 aromatic carbocycles. The second-order valence-corrected chi connectivity index (χ2v) is 4.15. The summed E-state index contributed by atoms with van der Waals surface area (Å²) < 4.78 is -0.739. The van der Waals surface area contributed by atoms with E-state index in [0.29, 0.717) is 6.42 Å². The molecular formula is C10H11NOS. The number of hydrogen-bond donors (Lipinski definition) is 2. The molecule has 1 aromatic rings. The quantitative estimate of drug-likeness (QED) is 0.647. The Hall–Kier alpha value is -0.960. The van der Waals surface area contributed by atoms with Crippen molar-refractivity contribution in [2.45, 2.75) is 17.6 Å². The van der Waals surface area contributed by atoms with Crippen molar-refractivity contribution in [3.05, 3.63) is 35.4 Å². The van der Waals surface area contributed by atoms with Crippen molar-refractivity contribution in [3.63, 3.8) is 0 Å². The van der Waals surface area contributed by atoms with Gasteiger partial charge in [0.2, 0.25) is 5.91 Å². The Morgan fingerprint density at radius 3 is 2.85 bits per heavy atom. The summed E-state index contributed by atoms with van der Waals surface area (Å²) in [7, 11) is 0. The Kier molecular flexibility index (Phi) is 1.84. The molecule has 13 heavy (non-hydrogen) atoms. The summed E-state index contributed by atoms with van der Waals surface area (Å²) in [6.45, 7) is 0. The molecule has 0 aliphatic heterocycles. The number of fused-ring (bicyclic) bond motifs is 1. The van der Waals surface area contributed by atoms with E-state index in [-0.39, 0.29) is 5.91 Å². The monoisotopic (exact) mass is 193 g/mol. The molecule has 0 saturated heterocycles. The first-order chi connectivity index (χ1) is 6.14. The van der Waals surface area contributed by atoms with Crippen LogP contribution in [0.5, 0.6) is 0 Å². The maximum Gasteiger partial charge on any atom is 0.237 e. The van der Waals surface area contributed by atoms with Gasteiger partial charge in [0, 0.05) is 0 Å². The van der Waals surface area contributed by atoms with E-state index in [4.69, 9.17) is 5.73 Å². The number of hydrogen-bond acceptors (Lipinski definition) is 2. The van der Waals surface area contributed by atoms with E-state index < -0.39 is 4.75 Å². The number of carbonyl (C=O) groups is 1. The number of nitrogens with two attached hydrogens (primary N) is 1. The summed E-state index contributed by atoms with van der Waals surface area (Å²) in [5.41, 5.74) is 7.50. The summed E-state index contributed by atoms with van der Waals surface area (Å²) in [5.74, 6) is -0.346. The molecule has 1 amide bonds. The smallest absolute Gasteiger partial charge is 0.237 e. The van der Waals surface area contributed by atoms with Crippen LogP contribution in [0.25, 0.3) is 0 Å². The Bertz CT molecular complexity index is 364. The van der Waals surface area contributed by atoms with Gasteiger partial charge in [-0.05, 0) is 24.0 Å². The minimum atomic E-state index is -0.739. The van der Waals surface area contributed by atoms with Crippen LogP contribution in [0.15, 0.2) is 24.3 Å². The predicted octanol–water partition coefficient (Wildman–Crippen LogP) is 1.24. The van der Waals surface area contributed by atoms with E-state index in [9.17, 15) is 4.79 Å². The average Bonchev–Trinajstić information content (AvgIpc) is 2.47. The second-order valence-electron chi connectivity index (χ2n) is 3.38. The summed E-state index contributed by atoms with van der Waals surface area (Å²) in [6.07, 6.45) is 1.60. The van der Waals surface area contributed by atoms with E-state index in [1.54, 1.807) is 0 Å². The predicted molar refractivity (Wildman–Crippen MR) is 54.6 cm³/mol. The molecular weight excluding hydrogens is 182 g/mol. The number of amides is 1. The van der Waals surface area contributed by atoms with E-state index in [2.05, 4.69) is 12.6 Å². The van der Waals surface area contributed by atoms with Gasteiger partial charge in [0.1, 0.15) is 4.75 Å². The van der Waals surface area contributed by atoms with Crippen LogP contribution in [-0.4, -0.2) is 5.91 Å². The Balaban J connectivity index is 2.55. The molecule has 0 aromatic heterocycles. The van der Waals surface area contributed by atoms with Crippen molar-refractivity contribution in [3.8, 4) is 0 Å². The summed E-state index contributed by atoms with van der Waals surface area (Å²) in [6, 6.07) is 7.84. The van der Waals surface area contributed by atoms with Gasteiger partial charge in [-0.25, -0.2) is 0 Å². The SMILES string of the molecule is NC(=O)C1(S)CCc2ccccc21. The normalized spacial score (nSPS) is 25.6. The number of benzene rings is 1. The van der Waals surface area contributed by atoms with Crippen LogP contribution in [0.1, 0.15) is 17.5 Å². The first-order valence-electron chi connectivity index (χ1n) is 4.25. The summed E-state index contributed by atoms with van der Waals surface area (Å²) >= 11 is 4.38. The highest BCUT2D eigenvalue weighted by Gasteiger charge is 2.40. The van der Waals surface area contributed by atoms with E-state index >= 15 is 0 Å². The molecule has 1 atom stereocenters. The number of rotatable bonds is 1. The first kappa shape index (κ1) is 8.63. The largest absolute Gasteiger partial charge is 0.368 e. The Labute approximate surface area is 82.5 Å². The molecule has 68 valence electrons. The van der Waals surface area contributed by atoms with Crippen LogP contribution < -0.4 is 5.73 Å². The van der Waals surface area contributed by atoms with Crippen LogP contribution in [0.2, 0.25) is 0 Å². The van der Waals surface area contributed by atoms with Crippen molar-refractivity contribution >= 4 is 18.5 Å². The van der Waals surface area contributed by atoms with Gasteiger partial charge in [0.05, 0.1) is 0 Å². The molecule has 0 heterocycles. The molecule has 1 unspecified atom stereocenters. The van der Waals surface area contributed by atoms with E-state index in [1.165, 1.54) is 5.56 Å². The fourth-order valence-corrected chi connectivity index (χ4v) is 2.18. The van der Waals surface area contributed by atoms with Crippen LogP contribution in [0, 0.1) is 0 Å². The van der Waals surface area contributed by atoms with E-state index in [0.717, 1.165) is 12.0 Å². The van der Waals surface area contributed by atoms with Gasteiger partial charge in [-0.3, -0.25) is 4.79 Å². The van der Waals surface area contributed by atoms with Gasteiger partial charge in [-0.1, -0.05) is 24.3 Å². The minimum absolute atomic E-state index is 0.346. The molecule has 0 bridgehead atoms. The van der Waals surface area contributed by atoms with Crippen molar-refractivity contribution in [1.29, 1.82) is 0 Å². The highest BCUT2D eigenvalue weighted by Crippen LogP contribution is 2.41. The van der Waals surface area contributed by atoms with Gasteiger partial charge < -0.3 is 5.73 Å². The lowest BCUT2D eigenvalue weighted by Gasteiger charge is -2.19. The number of thiol groups is 1. The highest BCUT2D eigenvalue weighted by molar-refractivity contribution is 7.82. The third-order valence-corrected chi connectivity index (χ3v) is 3.31. The van der Waals surface area contributed by atoms with Gasteiger partial charge in [0.25, 0.3) is 0 Å². The van der Waals surface area contributed by atoms with Crippen molar-refractivity contribution < 1.29 is 4.79 Å². The molecule has 0 spiro atoms. The zero-order chi connectivity index (χ0) is 9.47. The molecule has 0 saturated carbocycles. The number of carbonyl (C=O) groups excluding carboxylic acids is 1. The third-order valence-electron chi connectivity index (χ3n) is 2.63. The highest BCUT2D eigenvalue weighted by atomic mass is 32.1. The second kappa shape index (κ2) is 2.77. The fourth-order valence-electron chi connectivity index (χ4n) is 1.85. The molecule has 2 nitrogen and oxygen atoms in total. The van der Waals surface area contributed by atoms with Gasteiger partial charge in [-0.2, -0.15) is 12.6 Å². The fraction of sp³-hybridized carbons (Fsp3) is 0.300. The van der Waals surface area contributed by atoms with Gasteiger partial charge in [0.15, 0.2) is 0 Å². The Morgan fingerprint density at radius 1 is 1.46 bits per heavy atom. The molecule has 1 aliphatic rings. The summed E-state index contributed by atoms with van der Waals surface area (Å²) in [5, 5.41) is 0. The average molecular weight is 193 g/mol.